The molecule has 0 aromatic carbocycles. The summed E-state index contributed by atoms with van der Waals surface area (Å²) in [6.07, 6.45) is 4.41. The van der Waals surface area contributed by atoms with E-state index in [-0.39, 0.29) is 5.84 Å². The molecule has 1 aromatic heterocycles. The molecular formula is C9H15N5O. The summed E-state index contributed by atoms with van der Waals surface area (Å²) in [7, 11) is 0. The number of nitrogens with zero attached hydrogens (tertiary/aromatic N) is 4. The van der Waals surface area contributed by atoms with E-state index >= 15 is 0 Å². The van der Waals surface area contributed by atoms with Crippen molar-refractivity contribution >= 4 is 5.84 Å². The summed E-state index contributed by atoms with van der Waals surface area (Å²) in [4.78, 5) is 6.52. The second kappa shape index (κ2) is 4.31. The molecule has 6 nitrogen and oxygen atoms in total. The van der Waals surface area contributed by atoms with Crippen molar-refractivity contribution < 1.29 is 5.21 Å². The summed E-state index contributed by atoms with van der Waals surface area (Å²) in [5.41, 5.74) is 5.42. The van der Waals surface area contributed by atoms with Crippen LogP contribution in [0.1, 0.15) is 12.2 Å². The van der Waals surface area contributed by atoms with E-state index in [0.717, 1.165) is 32.0 Å². The molecule has 0 saturated carbocycles. The molecule has 2 rings (SSSR count). The highest BCUT2D eigenvalue weighted by Crippen LogP contribution is 2.09. The van der Waals surface area contributed by atoms with Gasteiger partial charge in [0.1, 0.15) is 11.7 Å². The SMILES string of the molecule is NC(CCN1CCn2ccnc2C1)=NO. The van der Waals surface area contributed by atoms with E-state index in [9.17, 15) is 0 Å². The minimum atomic E-state index is 0.281. The Morgan fingerprint density at radius 1 is 1.60 bits per heavy atom. The fourth-order valence-electron chi connectivity index (χ4n) is 1.74. The largest absolute Gasteiger partial charge is 0.409 e. The summed E-state index contributed by atoms with van der Waals surface area (Å²) in [5, 5.41) is 11.4. The summed E-state index contributed by atoms with van der Waals surface area (Å²) in [6.45, 7) is 3.60. The number of imidazole rings is 1. The van der Waals surface area contributed by atoms with Gasteiger partial charge in [-0.05, 0) is 0 Å². The highest BCUT2D eigenvalue weighted by molar-refractivity contribution is 5.79. The first kappa shape index (κ1) is 9.97. The molecule has 1 aromatic rings. The summed E-state index contributed by atoms with van der Waals surface area (Å²) >= 11 is 0. The Kier molecular flexibility index (Phi) is 2.86. The zero-order valence-electron chi connectivity index (χ0n) is 8.50. The Morgan fingerprint density at radius 2 is 2.47 bits per heavy atom. The van der Waals surface area contributed by atoms with Gasteiger partial charge in [0.05, 0.1) is 6.54 Å². The summed E-state index contributed by atoms with van der Waals surface area (Å²) < 4.78 is 2.15. The lowest BCUT2D eigenvalue weighted by molar-refractivity contribution is 0.221. The van der Waals surface area contributed by atoms with Crippen LogP contribution < -0.4 is 5.73 Å². The zero-order chi connectivity index (χ0) is 10.7. The first-order valence-corrected chi connectivity index (χ1v) is 4.98. The van der Waals surface area contributed by atoms with E-state index in [1.807, 2.05) is 12.4 Å². The quantitative estimate of drug-likeness (QED) is 0.313. The average molecular weight is 209 g/mol. The first-order valence-electron chi connectivity index (χ1n) is 4.98. The molecule has 6 heteroatoms. The van der Waals surface area contributed by atoms with Crippen molar-refractivity contribution in [2.45, 2.75) is 19.5 Å². The molecule has 0 unspecified atom stereocenters. The number of aromatic nitrogens is 2. The molecule has 3 N–H and O–H groups in total. The van der Waals surface area contributed by atoms with Gasteiger partial charge in [-0.3, -0.25) is 4.90 Å². The summed E-state index contributed by atoms with van der Waals surface area (Å²) in [6, 6.07) is 0. The van der Waals surface area contributed by atoms with Gasteiger partial charge in [0.15, 0.2) is 0 Å². The van der Waals surface area contributed by atoms with Crippen LogP contribution in [0.5, 0.6) is 0 Å². The number of rotatable bonds is 3. The number of fused-ring (bicyclic) bond motifs is 1. The molecule has 0 spiro atoms. The highest BCUT2D eigenvalue weighted by Gasteiger charge is 2.15. The molecule has 0 saturated heterocycles. The summed E-state index contributed by atoms with van der Waals surface area (Å²) in [5.74, 6) is 1.37. The molecule has 82 valence electrons. The second-order valence-electron chi connectivity index (χ2n) is 3.65. The van der Waals surface area contributed by atoms with Crippen LogP contribution in [-0.2, 0) is 13.1 Å². The van der Waals surface area contributed by atoms with Crippen molar-refractivity contribution in [2.24, 2.45) is 10.9 Å². The molecule has 1 aliphatic rings. The topological polar surface area (TPSA) is 79.7 Å². The predicted octanol–water partition coefficient (Wildman–Crippen LogP) is -0.165. The lowest BCUT2D eigenvalue weighted by Gasteiger charge is -2.27. The Bertz CT molecular complexity index is 359. The van der Waals surface area contributed by atoms with Crippen molar-refractivity contribution in [1.29, 1.82) is 0 Å². The van der Waals surface area contributed by atoms with Crippen LogP contribution in [0.3, 0.4) is 0 Å². The van der Waals surface area contributed by atoms with Crippen molar-refractivity contribution in [3.05, 3.63) is 18.2 Å². The van der Waals surface area contributed by atoms with Gasteiger partial charge in [-0.15, -0.1) is 0 Å². The van der Waals surface area contributed by atoms with E-state index in [1.54, 1.807) is 0 Å². The Labute approximate surface area is 88.0 Å². The molecule has 1 aliphatic heterocycles. The Hall–Kier alpha value is -1.56. The maximum atomic E-state index is 8.42. The third kappa shape index (κ3) is 2.27. The van der Waals surface area contributed by atoms with E-state index < -0.39 is 0 Å². The molecule has 0 radical (unpaired) electrons. The first-order chi connectivity index (χ1) is 7.29. The normalized spacial score (nSPS) is 17.7. The maximum Gasteiger partial charge on any atom is 0.140 e. The van der Waals surface area contributed by atoms with Gasteiger partial charge in [-0.2, -0.15) is 0 Å². The Morgan fingerprint density at radius 3 is 3.27 bits per heavy atom. The molecule has 0 amide bonds. The van der Waals surface area contributed by atoms with E-state index in [2.05, 4.69) is 19.6 Å². The molecular weight excluding hydrogens is 194 g/mol. The molecule has 0 fully saturated rings. The van der Waals surface area contributed by atoms with Gasteiger partial charge in [-0.1, -0.05) is 5.16 Å². The van der Waals surface area contributed by atoms with Gasteiger partial charge >= 0.3 is 0 Å². The van der Waals surface area contributed by atoms with Crippen LogP contribution in [0.15, 0.2) is 17.5 Å². The maximum absolute atomic E-state index is 8.42. The zero-order valence-corrected chi connectivity index (χ0v) is 8.50. The third-order valence-electron chi connectivity index (χ3n) is 2.64. The molecule has 2 heterocycles. The van der Waals surface area contributed by atoms with Crippen LogP contribution in [0.25, 0.3) is 0 Å². The third-order valence-corrected chi connectivity index (χ3v) is 2.64. The number of oxime groups is 1. The van der Waals surface area contributed by atoms with E-state index in [1.165, 1.54) is 0 Å². The van der Waals surface area contributed by atoms with E-state index in [4.69, 9.17) is 10.9 Å². The van der Waals surface area contributed by atoms with Gasteiger partial charge < -0.3 is 15.5 Å². The van der Waals surface area contributed by atoms with Gasteiger partial charge in [-0.25, -0.2) is 4.98 Å². The van der Waals surface area contributed by atoms with Gasteiger partial charge in [0, 0.05) is 38.4 Å². The molecule has 0 bridgehead atoms. The number of hydrogen-bond donors (Lipinski definition) is 2. The van der Waals surface area contributed by atoms with Crippen molar-refractivity contribution in [3.63, 3.8) is 0 Å². The van der Waals surface area contributed by atoms with Crippen LogP contribution in [0.2, 0.25) is 0 Å². The van der Waals surface area contributed by atoms with Crippen molar-refractivity contribution in [1.82, 2.24) is 14.5 Å². The van der Waals surface area contributed by atoms with Gasteiger partial charge in [0.2, 0.25) is 0 Å². The number of amidine groups is 1. The van der Waals surface area contributed by atoms with E-state index in [0.29, 0.717) is 6.42 Å². The second-order valence-corrected chi connectivity index (χ2v) is 3.65. The fraction of sp³-hybridized carbons (Fsp3) is 0.556. The molecule has 0 atom stereocenters. The average Bonchev–Trinajstić information content (AvgIpc) is 2.72. The Balaban J connectivity index is 1.88. The lowest BCUT2D eigenvalue weighted by atomic mass is 10.3. The lowest BCUT2D eigenvalue weighted by Crippen LogP contribution is -2.35. The van der Waals surface area contributed by atoms with Gasteiger partial charge in [0.25, 0.3) is 0 Å². The van der Waals surface area contributed by atoms with Crippen LogP contribution in [-0.4, -0.2) is 38.6 Å². The number of nitrogens with two attached hydrogens (primary N) is 1. The minimum absolute atomic E-state index is 0.281. The standard InChI is InChI=1S/C9H15N5O/c10-8(12-15)1-3-13-5-6-14-4-2-11-9(14)7-13/h2,4,15H,1,3,5-7H2,(H2,10,12). The fourth-order valence-corrected chi connectivity index (χ4v) is 1.74. The van der Waals surface area contributed by atoms with Crippen LogP contribution in [0, 0.1) is 0 Å². The highest BCUT2D eigenvalue weighted by atomic mass is 16.4. The monoisotopic (exact) mass is 209 g/mol. The van der Waals surface area contributed by atoms with Crippen molar-refractivity contribution in [3.8, 4) is 0 Å². The van der Waals surface area contributed by atoms with Crippen LogP contribution >= 0.6 is 0 Å². The number of hydrogen-bond acceptors (Lipinski definition) is 4. The molecule has 15 heavy (non-hydrogen) atoms. The van der Waals surface area contributed by atoms with Crippen LogP contribution in [0.4, 0.5) is 0 Å². The minimum Gasteiger partial charge on any atom is -0.409 e. The predicted molar refractivity (Wildman–Crippen MR) is 55.5 cm³/mol. The smallest absolute Gasteiger partial charge is 0.140 e. The molecule has 0 aliphatic carbocycles. The van der Waals surface area contributed by atoms with Crippen molar-refractivity contribution in [2.75, 3.05) is 13.1 Å².